The molecule has 1 aliphatic heterocycles. The maximum atomic E-state index is 6.62. The highest BCUT2D eigenvalue weighted by atomic mass is 16.5. The molecule has 0 bridgehead atoms. The summed E-state index contributed by atoms with van der Waals surface area (Å²) in [4.78, 5) is 2.55. The van der Waals surface area contributed by atoms with Crippen LogP contribution in [0.15, 0.2) is 24.3 Å². The second-order valence-electron chi connectivity index (χ2n) is 6.58. The number of benzene rings is 1. The fourth-order valence-corrected chi connectivity index (χ4v) is 4.03. The van der Waals surface area contributed by atoms with Gasteiger partial charge >= 0.3 is 0 Å². The molecular weight excluding hydrogens is 260 g/mol. The van der Waals surface area contributed by atoms with Gasteiger partial charge in [-0.1, -0.05) is 38.1 Å². The Morgan fingerprint density at radius 1 is 1.29 bits per heavy atom. The molecule has 0 spiro atoms. The average molecular weight is 288 g/mol. The molecule has 3 nitrogen and oxygen atoms in total. The molecule has 1 aromatic carbocycles. The first kappa shape index (κ1) is 15.0. The number of ether oxygens (including phenoxy) is 1. The van der Waals surface area contributed by atoms with Crippen molar-refractivity contribution >= 4 is 0 Å². The number of nitrogens with two attached hydrogens (primary N) is 1. The third-order valence-electron chi connectivity index (χ3n) is 5.23. The van der Waals surface area contributed by atoms with E-state index in [0.29, 0.717) is 18.1 Å². The fraction of sp³-hybridized carbons (Fsp3) is 0.667. The van der Waals surface area contributed by atoms with Crippen LogP contribution in [0.2, 0.25) is 0 Å². The van der Waals surface area contributed by atoms with E-state index in [9.17, 15) is 0 Å². The monoisotopic (exact) mass is 288 g/mol. The highest BCUT2D eigenvalue weighted by Crippen LogP contribution is 2.38. The summed E-state index contributed by atoms with van der Waals surface area (Å²) in [6.45, 7) is 7.58. The summed E-state index contributed by atoms with van der Waals surface area (Å²) in [5.74, 6) is 0.588. The van der Waals surface area contributed by atoms with Crippen LogP contribution in [0.1, 0.15) is 56.2 Å². The Morgan fingerprint density at radius 2 is 2.05 bits per heavy atom. The van der Waals surface area contributed by atoms with Crippen LogP contribution in [0.5, 0.6) is 0 Å². The van der Waals surface area contributed by atoms with Crippen molar-refractivity contribution in [3.05, 3.63) is 35.4 Å². The summed E-state index contributed by atoms with van der Waals surface area (Å²) in [6, 6.07) is 9.26. The first-order chi connectivity index (χ1) is 10.2. The summed E-state index contributed by atoms with van der Waals surface area (Å²) in [7, 11) is 0. The van der Waals surface area contributed by atoms with Crippen LogP contribution < -0.4 is 5.73 Å². The standard InChI is InChI=1S/C18H28N2O/c1-3-20(12-14-7-6-10-21-14)17-11-13(2)15-8-4-5-9-16(15)18(17)19/h4-5,8-9,13-14,17-18H,3,6-7,10-12,19H2,1-2H3. The Morgan fingerprint density at radius 3 is 2.71 bits per heavy atom. The van der Waals surface area contributed by atoms with Crippen LogP contribution in [0.4, 0.5) is 0 Å². The summed E-state index contributed by atoms with van der Waals surface area (Å²) in [5, 5.41) is 0. The van der Waals surface area contributed by atoms with Gasteiger partial charge in [-0.3, -0.25) is 4.90 Å². The van der Waals surface area contributed by atoms with Gasteiger partial charge in [-0.25, -0.2) is 0 Å². The number of nitrogens with zero attached hydrogens (tertiary/aromatic N) is 1. The zero-order chi connectivity index (χ0) is 14.8. The van der Waals surface area contributed by atoms with Gasteiger partial charge in [0.25, 0.3) is 0 Å². The van der Waals surface area contributed by atoms with E-state index < -0.39 is 0 Å². The van der Waals surface area contributed by atoms with Gasteiger partial charge in [0.2, 0.25) is 0 Å². The van der Waals surface area contributed by atoms with Gasteiger partial charge in [-0.05, 0) is 42.9 Å². The first-order valence-corrected chi connectivity index (χ1v) is 8.40. The van der Waals surface area contributed by atoms with Crippen molar-refractivity contribution in [2.24, 2.45) is 5.73 Å². The van der Waals surface area contributed by atoms with Gasteiger partial charge in [0.05, 0.1) is 6.10 Å². The predicted octanol–water partition coefficient (Wildman–Crippen LogP) is 3.06. The van der Waals surface area contributed by atoms with E-state index >= 15 is 0 Å². The van der Waals surface area contributed by atoms with Crippen LogP contribution in [0, 0.1) is 0 Å². The highest BCUT2D eigenvalue weighted by Gasteiger charge is 2.35. The third kappa shape index (κ3) is 3.01. The van der Waals surface area contributed by atoms with Gasteiger partial charge in [-0.2, -0.15) is 0 Å². The molecular formula is C18H28N2O. The molecule has 1 heterocycles. The van der Waals surface area contributed by atoms with Crippen molar-refractivity contribution in [2.75, 3.05) is 19.7 Å². The van der Waals surface area contributed by atoms with E-state index in [2.05, 4.69) is 43.0 Å². The van der Waals surface area contributed by atoms with E-state index in [1.807, 2.05) is 0 Å². The molecule has 21 heavy (non-hydrogen) atoms. The number of hydrogen-bond donors (Lipinski definition) is 1. The largest absolute Gasteiger partial charge is 0.377 e. The molecule has 1 aliphatic carbocycles. The van der Waals surface area contributed by atoms with Crippen molar-refractivity contribution in [1.82, 2.24) is 4.90 Å². The van der Waals surface area contributed by atoms with Crippen LogP contribution >= 0.6 is 0 Å². The summed E-state index contributed by atoms with van der Waals surface area (Å²) in [6.07, 6.45) is 3.96. The summed E-state index contributed by atoms with van der Waals surface area (Å²) < 4.78 is 5.83. The number of fused-ring (bicyclic) bond motifs is 1. The molecule has 3 heteroatoms. The SMILES string of the molecule is CCN(CC1CCCO1)C1CC(C)c2ccccc2C1N. The molecule has 0 amide bonds. The normalized spacial score (nSPS) is 32.4. The number of likely N-dealkylation sites (N-methyl/N-ethyl adjacent to an activating group) is 1. The summed E-state index contributed by atoms with van der Waals surface area (Å²) >= 11 is 0. The molecule has 3 rings (SSSR count). The van der Waals surface area contributed by atoms with E-state index in [0.717, 1.165) is 26.1 Å². The highest BCUT2D eigenvalue weighted by molar-refractivity contribution is 5.36. The lowest BCUT2D eigenvalue weighted by molar-refractivity contribution is 0.0483. The molecule has 1 fully saturated rings. The molecule has 0 aromatic heterocycles. The lowest BCUT2D eigenvalue weighted by Gasteiger charge is -2.42. The maximum absolute atomic E-state index is 6.62. The maximum Gasteiger partial charge on any atom is 0.0702 e. The van der Waals surface area contributed by atoms with Gasteiger partial charge in [0.15, 0.2) is 0 Å². The zero-order valence-electron chi connectivity index (χ0n) is 13.3. The van der Waals surface area contributed by atoms with Crippen LogP contribution in [0.25, 0.3) is 0 Å². The second kappa shape index (κ2) is 6.47. The lowest BCUT2D eigenvalue weighted by Crippen LogP contribution is -2.48. The van der Waals surface area contributed by atoms with Crippen molar-refractivity contribution in [3.8, 4) is 0 Å². The van der Waals surface area contributed by atoms with Crippen LogP contribution in [-0.4, -0.2) is 36.7 Å². The molecule has 0 saturated carbocycles. The van der Waals surface area contributed by atoms with Gasteiger partial charge in [0.1, 0.15) is 0 Å². The minimum absolute atomic E-state index is 0.124. The lowest BCUT2D eigenvalue weighted by atomic mass is 9.77. The Kier molecular flexibility index (Phi) is 4.63. The van der Waals surface area contributed by atoms with Gasteiger partial charge in [-0.15, -0.1) is 0 Å². The topological polar surface area (TPSA) is 38.5 Å². The van der Waals surface area contributed by atoms with E-state index in [1.165, 1.54) is 24.0 Å². The van der Waals surface area contributed by atoms with Crippen LogP contribution in [0.3, 0.4) is 0 Å². The van der Waals surface area contributed by atoms with Gasteiger partial charge in [0, 0.05) is 25.2 Å². The number of rotatable bonds is 4. The molecule has 1 saturated heterocycles. The van der Waals surface area contributed by atoms with E-state index in [1.54, 1.807) is 0 Å². The van der Waals surface area contributed by atoms with Crippen molar-refractivity contribution in [3.63, 3.8) is 0 Å². The van der Waals surface area contributed by atoms with E-state index in [-0.39, 0.29) is 6.04 Å². The second-order valence-corrected chi connectivity index (χ2v) is 6.58. The smallest absolute Gasteiger partial charge is 0.0702 e. The minimum Gasteiger partial charge on any atom is -0.377 e. The Hall–Kier alpha value is -0.900. The predicted molar refractivity (Wildman–Crippen MR) is 86.4 cm³/mol. The molecule has 116 valence electrons. The minimum atomic E-state index is 0.124. The van der Waals surface area contributed by atoms with Crippen LogP contribution in [-0.2, 0) is 4.74 Å². The van der Waals surface area contributed by atoms with Gasteiger partial charge < -0.3 is 10.5 Å². The van der Waals surface area contributed by atoms with E-state index in [4.69, 9.17) is 10.5 Å². The molecule has 0 radical (unpaired) electrons. The Labute approximate surface area is 128 Å². The van der Waals surface area contributed by atoms with Crippen molar-refractivity contribution in [1.29, 1.82) is 0 Å². The molecule has 4 atom stereocenters. The molecule has 4 unspecified atom stereocenters. The zero-order valence-corrected chi connectivity index (χ0v) is 13.3. The average Bonchev–Trinajstić information content (AvgIpc) is 3.02. The summed E-state index contributed by atoms with van der Waals surface area (Å²) in [5.41, 5.74) is 9.40. The molecule has 1 aromatic rings. The number of hydrogen-bond acceptors (Lipinski definition) is 3. The molecule has 2 aliphatic rings. The quantitative estimate of drug-likeness (QED) is 0.925. The van der Waals surface area contributed by atoms with Crippen molar-refractivity contribution in [2.45, 2.75) is 57.2 Å². The Bertz CT molecular complexity index is 470. The fourth-order valence-electron chi connectivity index (χ4n) is 4.03. The first-order valence-electron chi connectivity index (χ1n) is 8.40. The Balaban J connectivity index is 1.78. The molecule has 2 N–H and O–H groups in total. The van der Waals surface area contributed by atoms with Crippen molar-refractivity contribution < 1.29 is 4.74 Å². The third-order valence-corrected chi connectivity index (χ3v) is 5.23.